The maximum absolute atomic E-state index is 12.1. The number of nitrogens with one attached hydrogen (secondary N) is 1. The topological polar surface area (TPSA) is 59.9 Å². The molecule has 0 fully saturated rings. The Morgan fingerprint density at radius 3 is 2.54 bits per heavy atom. The Morgan fingerprint density at radius 2 is 1.92 bits per heavy atom. The van der Waals surface area contributed by atoms with Crippen LogP contribution in [0.5, 0.6) is 5.75 Å². The van der Waals surface area contributed by atoms with E-state index in [1.54, 1.807) is 19.2 Å². The number of likely N-dealkylation sites (N-methyl/N-ethyl adjacent to an activating group) is 1. The van der Waals surface area contributed by atoms with Crippen molar-refractivity contribution in [2.45, 2.75) is 6.61 Å². The van der Waals surface area contributed by atoms with Crippen molar-refractivity contribution in [2.75, 3.05) is 14.2 Å². The molecular formula is C19H18BrClN2O3. The maximum atomic E-state index is 12.1. The van der Waals surface area contributed by atoms with E-state index in [1.807, 2.05) is 42.5 Å². The van der Waals surface area contributed by atoms with E-state index in [4.69, 9.17) is 21.2 Å². The van der Waals surface area contributed by atoms with Crippen molar-refractivity contribution < 1.29 is 14.4 Å². The minimum Gasteiger partial charge on any atom is -0.489 e. The number of carbonyl (C=O) groups excluding carboxylic acids is 1. The third-order valence-corrected chi connectivity index (χ3v) is 3.79. The number of amides is 1. The summed E-state index contributed by atoms with van der Waals surface area (Å²) in [5.74, 6) is 0.370. The van der Waals surface area contributed by atoms with Crippen molar-refractivity contribution in [2.24, 2.45) is 5.16 Å². The number of carbonyl (C=O) groups is 1. The molecule has 0 aliphatic carbocycles. The van der Waals surface area contributed by atoms with Crippen molar-refractivity contribution >= 4 is 45.2 Å². The number of hydrogen-bond acceptors (Lipinski definition) is 4. The van der Waals surface area contributed by atoms with Gasteiger partial charge in [0.05, 0.1) is 3.94 Å². The van der Waals surface area contributed by atoms with Gasteiger partial charge in [0.1, 0.15) is 19.5 Å². The lowest BCUT2D eigenvalue weighted by atomic mass is 10.0. The highest BCUT2D eigenvalue weighted by Gasteiger charge is 2.17. The second-order valence-electron chi connectivity index (χ2n) is 5.15. The van der Waals surface area contributed by atoms with Crippen LogP contribution < -0.4 is 10.1 Å². The van der Waals surface area contributed by atoms with Gasteiger partial charge in [-0.05, 0) is 45.3 Å². The molecule has 136 valence electrons. The molecule has 0 radical (unpaired) electrons. The Hall–Kier alpha value is -2.31. The normalized spacial score (nSPS) is 11.8. The Balaban J connectivity index is 2.19. The van der Waals surface area contributed by atoms with Crippen molar-refractivity contribution in [1.82, 2.24) is 5.32 Å². The van der Waals surface area contributed by atoms with E-state index in [0.29, 0.717) is 15.3 Å². The summed E-state index contributed by atoms with van der Waals surface area (Å²) in [4.78, 5) is 16.9. The molecule has 0 unspecified atom stereocenters. The first kappa shape index (κ1) is 20.0. The summed E-state index contributed by atoms with van der Waals surface area (Å²) in [5, 5.41) is 6.41. The molecule has 0 saturated carbocycles. The van der Waals surface area contributed by atoms with E-state index in [1.165, 1.54) is 7.11 Å². The zero-order valence-corrected chi connectivity index (χ0v) is 16.7. The van der Waals surface area contributed by atoms with Crippen LogP contribution in [0.3, 0.4) is 0 Å². The molecule has 0 atom stereocenters. The molecule has 1 amide bonds. The fourth-order valence-electron chi connectivity index (χ4n) is 2.25. The molecule has 2 aromatic rings. The van der Waals surface area contributed by atoms with E-state index in [9.17, 15) is 4.79 Å². The summed E-state index contributed by atoms with van der Waals surface area (Å²) in [6.45, 7) is 0.282. The molecule has 0 bridgehead atoms. The Kier molecular flexibility index (Phi) is 7.69. The van der Waals surface area contributed by atoms with E-state index >= 15 is 0 Å². The van der Waals surface area contributed by atoms with Gasteiger partial charge >= 0.3 is 0 Å². The molecular weight excluding hydrogens is 420 g/mol. The number of benzene rings is 2. The summed E-state index contributed by atoms with van der Waals surface area (Å²) >= 11 is 8.98. The minimum absolute atomic E-state index is 0.196. The molecule has 0 saturated heterocycles. The molecule has 5 nitrogen and oxygen atoms in total. The van der Waals surface area contributed by atoms with Gasteiger partial charge in [0.15, 0.2) is 5.71 Å². The summed E-state index contributed by atoms with van der Waals surface area (Å²) in [7, 11) is 2.94. The van der Waals surface area contributed by atoms with E-state index in [-0.39, 0.29) is 18.2 Å². The summed E-state index contributed by atoms with van der Waals surface area (Å²) in [6.07, 6.45) is 1.79. The van der Waals surface area contributed by atoms with Crippen LogP contribution in [0.15, 0.2) is 57.6 Å². The van der Waals surface area contributed by atoms with Crippen LogP contribution in [-0.2, 0) is 16.2 Å². The summed E-state index contributed by atoms with van der Waals surface area (Å²) in [6, 6.07) is 14.9. The van der Waals surface area contributed by atoms with Gasteiger partial charge in [0, 0.05) is 12.6 Å². The van der Waals surface area contributed by atoms with Gasteiger partial charge in [-0.3, -0.25) is 4.79 Å². The number of halogens is 2. The van der Waals surface area contributed by atoms with Crippen LogP contribution in [0.25, 0.3) is 6.08 Å². The SMILES string of the molecule is CNC(=O)/C(=N/OC)c1ccccc1COc1ccc(/C=C(\Cl)Br)cc1. The van der Waals surface area contributed by atoms with Gasteiger partial charge < -0.3 is 14.9 Å². The molecule has 7 heteroatoms. The highest BCUT2D eigenvalue weighted by atomic mass is 79.9. The van der Waals surface area contributed by atoms with Crippen LogP contribution in [0.1, 0.15) is 16.7 Å². The zero-order chi connectivity index (χ0) is 18.9. The van der Waals surface area contributed by atoms with Crippen molar-refractivity contribution in [1.29, 1.82) is 0 Å². The smallest absolute Gasteiger partial charge is 0.273 e. The Morgan fingerprint density at radius 1 is 1.23 bits per heavy atom. The summed E-state index contributed by atoms with van der Waals surface area (Å²) < 4.78 is 6.37. The molecule has 1 N–H and O–H groups in total. The quantitative estimate of drug-likeness (QED) is 0.519. The van der Waals surface area contributed by atoms with Gasteiger partial charge in [-0.2, -0.15) is 0 Å². The molecule has 2 aromatic carbocycles. The van der Waals surface area contributed by atoms with Crippen molar-refractivity contribution in [3.63, 3.8) is 0 Å². The fourth-order valence-corrected chi connectivity index (χ4v) is 2.64. The average molecular weight is 438 g/mol. The van der Waals surface area contributed by atoms with Crippen molar-refractivity contribution in [3.05, 3.63) is 69.2 Å². The van der Waals surface area contributed by atoms with Crippen LogP contribution in [0, 0.1) is 0 Å². The number of ether oxygens (including phenoxy) is 1. The van der Waals surface area contributed by atoms with E-state index < -0.39 is 0 Å². The molecule has 0 aliphatic rings. The lowest BCUT2D eigenvalue weighted by Gasteiger charge is -2.12. The van der Waals surface area contributed by atoms with Gasteiger partial charge in [-0.15, -0.1) is 0 Å². The van der Waals surface area contributed by atoms with Crippen LogP contribution in [0.4, 0.5) is 0 Å². The van der Waals surface area contributed by atoms with E-state index in [2.05, 4.69) is 26.4 Å². The average Bonchev–Trinajstić information content (AvgIpc) is 2.65. The predicted molar refractivity (Wildman–Crippen MR) is 108 cm³/mol. The standard InChI is InChI=1S/C19H18BrClN2O3/c1-22-19(24)18(23-25-2)16-6-4-3-5-14(16)12-26-15-9-7-13(8-10-15)11-17(20)21/h3-11H,12H2,1-2H3,(H,22,24)/b17-11-,23-18+. The largest absolute Gasteiger partial charge is 0.489 e. The lowest BCUT2D eigenvalue weighted by molar-refractivity contribution is -0.114. The van der Waals surface area contributed by atoms with Gasteiger partial charge in [-0.1, -0.05) is 53.2 Å². The Labute approximate surface area is 165 Å². The van der Waals surface area contributed by atoms with Gasteiger partial charge in [0.25, 0.3) is 5.91 Å². The fraction of sp³-hybridized carbons (Fsp3) is 0.158. The van der Waals surface area contributed by atoms with Gasteiger partial charge in [-0.25, -0.2) is 0 Å². The molecule has 0 spiro atoms. The first-order valence-electron chi connectivity index (χ1n) is 7.72. The number of rotatable bonds is 7. The molecule has 0 aliphatic heterocycles. The third kappa shape index (κ3) is 5.61. The zero-order valence-electron chi connectivity index (χ0n) is 14.3. The number of hydrogen-bond donors (Lipinski definition) is 1. The van der Waals surface area contributed by atoms with Gasteiger partial charge in [0.2, 0.25) is 0 Å². The number of nitrogens with zero attached hydrogens (tertiary/aromatic N) is 1. The highest BCUT2D eigenvalue weighted by Crippen LogP contribution is 2.20. The maximum Gasteiger partial charge on any atom is 0.273 e. The molecule has 0 aromatic heterocycles. The molecule has 26 heavy (non-hydrogen) atoms. The molecule has 0 heterocycles. The van der Waals surface area contributed by atoms with Crippen molar-refractivity contribution in [3.8, 4) is 5.75 Å². The molecule has 2 rings (SSSR count). The monoisotopic (exact) mass is 436 g/mol. The minimum atomic E-state index is -0.331. The van der Waals surface area contributed by atoms with Crippen LogP contribution in [-0.4, -0.2) is 25.8 Å². The lowest BCUT2D eigenvalue weighted by Crippen LogP contribution is -2.29. The van der Waals surface area contributed by atoms with Crippen LogP contribution in [0.2, 0.25) is 0 Å². The highest BCUT2D eigenvalue weighted by molar-refractivity contribution is 9.12. The van der Waals surface area contributed by atoms with Crippen LogP contribution >= 0.6 is 27.5 Å². The Bertz CT molecular complexity index is 816. The van der Waals surface area contributed by atoms with E-state index in [0.717, 1.165) is 11.1 Å². The third-order valence-electron chi connectivity index (χ3n) is 3.45. The first-order chi connectivity index (χ1) is 12.5. The second-order valence-corrected chi connectivity index (χ2v) is 6.87. The second kappa shape index (κ2) is 9.99. The number of oxime groups is 1. The summed E-state index contributed by atoms with van der Waals surface area (Å²) in [5.41, 5.74) is 2.62. The predicted octanol–water partition coefficient (Wildman–Crippen LogP) is 4.29. The first-order valence-corrected chi connectivity index (χ1v) is 8.89.